The molecule has 0 radical (unpaired) electrons. The molecule has 0 saturated heterocycles. The first kappa shape index (κ1) is 13.0. The molecule has 1 N–H and O–H groups in total. The third-order valence-corrected chi connectivity index (χ3v) is 4.30. The molecule has 1 aliphatic heterocycles. The fourth-order valence-corrected chi connectivity index (χ4v) is 3.18. The van der Waals surface area contributed by atoms with Crippen molar-refractivity contribution in [3.63, 3.8) is 0 Å². The van der Waals surface area contributed by atoms with Gasteiger partial charge in [-0.25, -0.2) is 0 Å². The van der Waals surface area contributed by atoms with Gasteiger partial charge in [0.05, 0.1) is 0 Å². The van der Waals surface area contributed by atoms with Crippen molar-refractivity contribution in [1.29, 1.82) is 0 Å². The van der Waals surface area contributed by atoms with Gasteiger partial charge in [0.15, 0.2) is 0 Å². The van der Waals surface area contributed by atoms with Gasteiger partial charge in [0, 0.05) is 24.8 Å². The highest BCUT2D eigenvalue weighted by Crippen LogP contribution is 2.30. The number of para-hydroxylation sites is 1. The monoisotopic (exact) mass is 258 g/mol. The Hall–Kier alpha value is -1.02. The average molecular weight is 258 g/mol. The van der Waals surface area contributed by atoms with E-state index in [4.69, 9.17) is 0 Å². The van der Waals surface area contributed by atoms with E-state index in [9.17, 15) is 0 Å². The Morgan fingerprint density at radius 3 is 2.89 bits per heavy atom. The van der Waals surface area contributed by atoms with Gasteiger partial charge >= 0.3 is 0 Å². The first-order valence-corrected chi connectivity index (χ1v) is 7.78. The van der Waals surface area contributed by atoms with E-state index in [0.29, 0.717) is 0 Å². The van der Waals surface area contributed by atoms with Crippen LogP contribution in [0.5, 0.6) is 0 Å². The molecule has 2 unspecified atom stereocenters. The molecule has 2 heteroatoms. The fraction of sp³-hybridized carbons (Fsp3) is 0.647. The highest BCUT2D eigenvalue weighted by Gasteiger charge is 2.24. The Morgan fingerprint density at radius 2 is 2.11 bits per heavy atom. The molecule has 104 valence electrons. The summed E-state index contributed by atoms with van der Waals surface area (Å²) < 4.78 is 0. The van der Waals surface area contributed by atoms with Crippen molar-refractivity contribution in [2.45, 2.75) is 39.2 Å². The van der Waals surface area contributed by atoms with Gasteiger partial charge in [0.2, 0.25) is 0 Å². The van der Waals surface area contributed by atoms with Crippen molar-refractivity contribution >= 4 is 5.69 Å². The summed E-state index contributed by atoms with van der Waals surface area (Å²) in [6, 6.07) is 9.77. The highest BCUT2D eigenvalue weighted by atomic mass is 15.1. The molecule has 1 heterocycles. The molecule has 0 amide bonds. The largest absolute Gasteiger partial charge is 0.371 e. The van der Waals surface area contributed by atoms with E-state index in [1.165, 1.54) is 43.6 Å². The zero-order chi connectivity index (χ0) is 13.2. The van der Waals surface area contributed by atoms with Crippen LogP contribution in [0.2, 0.25) is 0 Å². The summed E-state index contributed by atoms with van der Waals surface area (Å²) >= 11 is 0. The zero-order valence-electron chi connectivity index (χ0n) is 12.2. The Morgan fingerprint density at radius 1 is 1.32 bits per heavy atom. The smallest absolute Gasteiger partial charge is 0.0399 e. The first-order chi connectivity index (χ1) is 9.22. The molecular weight excluding hydrogens is 232 g/mol. The van der Waals surface area contributed by atoms with Gasteiger partial charge < -0.3 is 10.2 Å². The Labute approximate surface area is 117 Å². The second-order valence-electron chi connectivity index (χ2n) is 6.63. The SMILES string of the molecule is CC(CNC1CC1)CN1CC(C)Cc2ccccc21. The van der Waals surface area contributed by atoms with E-state index in [1.54, 1.807) is 0 Å². The minimum absolute atomic E-state index is 0.721. The third-order valence-electron chi connectivity index (χ3n) is 4.30. The second kappa shape index (κ2) is 5.54. The van der Waals surface area contributed by atoms with E-state index in [2.05, 4.69) is 48.3 Å². The summed E-state index contributed by atoms with van der Waals surface area (Å²) in [6.07, 6.45) is 4.01. The van der Waals surface area contributed by atoms with Crippen molar-refractivity contribution in [2.75, 3.05) is 24.5 Å². The number of rotatable bonds is 5. The van der Waals surface area contributed by atoms with Gasteiger partial charge in [-0.1, -0.05) is 32.0 Å². The summed E-state index contributed by atoms with van der Waals surface area (Å²) in [4.78, 5) is 2.60. The maximum absolute atomic E-state index is 3.65. The average Bonchev–Trinajstić information content (AvgIpc) is 3.20. The van der Waals surface area contributed by atoms with Gasteiger partial charge in [-0.2, -0.15) is 0 Å². The molecule has 0 spiro atoms. The van der Waals surface area contributed by atoms with Crippen LogP contribution in [0.25, 0.3) is 0 Å². The molecule has 2 atom stereocenters. The molecular formula is C17H26N2. The topological polar surface area (TPSA) is 15.3 Å². The summed E-state index contributed by atoms with van der Waals surface area (Å²) in [5, 5.41) is 3.65. The van der Waals surface area contributed by atoms with Crippen LogP contribution in [0.4, 0.5) is 5.69 Å². The van der Waals surface area contributed by atoms with Gasteiger partial charge in [0.1, 0.15) is 0 Å². The molecule has 0 bridgehead atoms. The number of hydrogen-bond donors (Lipinski definition) is 1. The van der Waals surface area contributed by atoms with Crippen LogP contribution >= 0.6 is 0 Å². The van der Waals surface area contributed by atoms with Crippen LogP contribution in [-0.4, -0.2) is 25.7 Å². The van der Waals surface area contributed by atoms with Gasteiger partial charge in [-0.15, -0.1) is 0 Å². The molecule has 1 fully saturated rings. The lowest BCUT2D eigenvalue weighted by molar-refractivity contribution is 0.463. The lowest BCUT2D eigenvalue weighted by Crippen LogP contribution is -2.39. The number of anilines is 1. The van der Waals surface area contributed by atoms with E-state index in [1.807, 2.05) is 0 Å². The normalized spacial score (nSPS) is 24.1. The summed E-state index contributed by atoms with van der Waals surface area (Å²) in [5.74, 6) is 1.50. The molecule has 1 aliphatic carbocycles. The standard InChI is InChI=1S/C17H26N2/c1-13-9-15-5-3-4-6-17(15)19(11-13)12-14(2)10-18-16-7-8-16/h3-6,13-14,16,18H,7-12H2,1-2H3. The van der Waals surface area contributed by atoms with Crippen molar-refractivity contribution < 1.29 is 0 Å². The van der Waals surface area contributed by atoms with Gasteiger partial charge in [-0.05, 0) is 49.3 Å². The maximum Gasteiger partial charge on any atom is 0.0399 e. The molecule has 0 aromatic heterocycles. The molecule has 1 aromatic carbocycles. The van der Waals surface area contributed by atoms with E-state index in [0.717, 1.165) is 24.4 Å². The second-order valence-corrected chi connectivity index (χ2v) is 6.63. The fourth-order valence-electron chi connectivity index (χ4n) is 3.18. The number of hydrogen-bond acceptors (Lipinski definition) is 2. The number of nitrogens with one attached hydrogen (secondary N) is 1. The lowest BCUT2D eigenvalue weighted by atomic mass is 9.93. The van der Waals surface area contributed by atoms with Crippen molar-refractivity contribution in [3.05, 3.63) is 29.8 Å². The first-order valence-electron chi connectivity index (χ1n) is 7.78. The molecule has 2 aliphatic rings. The summed E-state index contributed by atoms with van der Waals surface area (Å²) in [6.45, 7) is 8.30. The van der Waals surface area contributed by atoms with Crippen LogP contribution in [0.15, 0.2) is 24.3 Å². The molecule has 1 saturated carbocycles. The summed E-state index contributed by atoms with van der Waals surface area (Å²) in [7, 11) is 0. The maximum atomic E-state index is 3.65. The van der Waals surface area contributed by atoms with Crippen molar-refractivity contribution in [3.8, 4) is 0 Å². The van der Waals surface area contributed by atoms with Gasteiger partial charge in [-0.3, -0.25) is 0 Å². The van der Waals surface area contributed by atoms with E-state index in [-0.39, 0.29) is 0 Å². The van der Waals surface area contributed by atoms with Crippen LogP contribution in [0, 0.1) is 11.8 Å². The summed E-state index contributed by atoms with van der Waals surface area (Å²) in [5.41, 5.74) is 3.00. The molecule has 1 aromatic rings. The number of nitrogens with zero attached hydrogens (tertiary/aromatic N) is 1. The molecule has 2 nitrogen and oxygen atoms in total. The number of fused-ring (bicyclic) bond motifs is 1. The van der Waals surface area contributed by atoms with Crippen molar-refractivity contribution in [2.24, 2.45) is 11.8 Å². The minimum atomic E-state index is 0.721. The molecule has 3 rings (SSSR count). The van der Waals surface area contributed by atoms with Crippen LogP contribution in [-0.2, 0) is 6.42 Å². The predicted molar refractivity (Wildman–Crippen MR) is 81.7 cm³/mol. The predicted octanol–water partition coefficient (Wildman–Crippen LogP) is 3.07. The van der Waals surface area contributed by atoms with E-state index < -0.39 is 0 Å². The van der Waals surface area contributed by atoms with Gasteiger partial charge in [0.25, 0.3) is 0 Å². The lowest BCUT2D eigenvalue weighted by Gasteiger charge is -2.36. The van der Waals surface area contributed by atoms with Crippen LogP contribution in [0.1, 0.15) is 32.3 Å². The van der Waals surface area contributed by atoms with E-state index >= 15 is 0 Å². The Kier molecular flexibility index (Phi) is 3.79. The van der Waals surface area contributed by atoms with Crippen molar-refractivity contribution in [1.82, 2.24) is 5.32 Å². The minimum Gasteiger partial charge on any atom is -0.371 e. The molecule has 19 heavy (non-hydrogen) atoms. The Bertz CT molecular complexity index is 425. The quantitative estimate of drug-likeness (QED) is 0.873. The Balaban J connectivity index is 1.62. The zero-order valence-corrected chi connectivity index (χ0v) is 12.2. The van der Waals surface area contributed by atoms with Crippen LogP contribution < -0.4 is 10.2 Å². The third kappa shape index (κ3) is 3.30. The number of benzene rings is 1. The highest BCUT2D eigenvalue weighted by molar-refractivity contribution is 5.55. The van der Waals surface area contributed by atoms with Crippen LogP contribution in [0.3, 0.4) is 0 Å².